The van der Waals surface area contributed by atoms with Gasteiger partial charge >= 0.3 is 0 Å². The van der Waals surface area contributed by atoms with Crippen LogP contribution in [-0.2, 0) is 5.41 Å². The van der Waals surface area contributed by atoms with Crippen LogP contribution >= 0.6 is 0 Å². The van der Waals surface area contributed by atoms with E-state index in [1.165, 1.54) is 12.8 Å². The van der Waals surface area contributed by atoms with Gasteiger partial charge in [0, 0.05) is 18.5 Å². The lowest BCUT2D eigenvalue weighted by Crippen LogP contribution is -1.98. The molecule has 0 amide bonds. The zero-order chi connectivity index (χ0) is 7.90. The molecule has 0 spiro atoms. The van der Waals surface area contributed by atoms with E-state index >= 15 is 0 Å². The molecule has 1 aliphatic rings. The molecule has 0 radical (unpaired) electrons. The summed E-state index contributed by atoms with van der Waals surface area (Å²) < 4.78 is 5.02. The first-order valence-corrected chi connectivity index (χ1v) is 3.89. The van der Waals surface area contributed by atoms with Gasteiger partial charge in [0.25, 0.3) is 0 Å². The first-order chi connectivity index (χ1) is 5.24. The van der Waals surface area contributed by atoms with Gasteiger partial charge in [-0.15, -0.1) is 0 Å². The molecule has 0 atom stereocenters. The molecule has 0 aromatic carbocycles. The van der Waals surface area contributed by atoms with Crippen molar-refractivity contribution in [1.29, 1.82) is 0 Å². The van der Waals surface area contributed by atoms with Crippen molar-refractivity contribution in [3.63, 3.8) is 0 Å². The molecule has 60 valence electrons. The Balaban J connectivity index is 2.25. The molecule has 1 fully saturated rings. The highest BCUT2D eigenvalue weighted by atomic mass is 16.5. The molecule has 0 unspecified atom stereocenters. The minimum Gasteiger partial charge on any atom is -0.357 e. The van der Waals surface area contributed by atoms with E-state index in [1.54, 1.807) is 0 Å². The summed E-state index contributed by atoms with van der Waals surface area (Å²) in [7, 11) is 1.83. The maximum absolute atomic E-state index is 5.02. The van der Waals surface area contributed by atoms with E-state index in [0.717, 1.165) is 11.6 Å². The first kappa shape index (κ1) is 6.70. The van der Waals surface area contributed by atoms with E-state index in [2.05, 4.69) is 17.4 Å². The fraction of sp³-hybridized carbons (Fsp3) is 0.625. The van der Waals surface area contributed by atoms with Gasteiger partial charge in [-0.3, -0.25) is 0 Å². The third-order valence-electron chi connectivity index (χ3n) is 2.37. The van der Waals surface area contributed by atoms with Crippen LogP contribution in [0.3, 0.4) is 0 Å². The summed E-state index contributed by atoms with van der Waals surface area (Å²) in [4.78, 5) is 0. The van der Waals surface area contributed by atoms with Gasteiger partial charge in [-0.1, -0.05) is 12.1 Å². The van der Waals surface area contributed by atoms with Crippen molar-refractivity contribution < 1.29 is 4.52 Å². The van der Waals surface area contributed by atoms with Gasteiger partial charge in [0.15, 0.2) is 0 Å². The van der Waals surface area contributed by atoms with Crippen molar-refractivity contribution >= 4 is 5.88 Å². The maximum atomic E-state index is 5.02. The normalized spacial score (nSPS) is 19.8. The van der Waals surface area contributed by atoms with Gasteiger partial charge in [0.1, 0.15) is 0 Å². The van der Waals surface area contributed by atoms with Crippen LogP contribution in [0.4, 0.5) is 5.88 Å². The number of hydrogen-bond acceptors (Lipinski definition) is 3. The van der Waals surface area contributed by atoms with Crippen molar-refractivity contribution in [2.75, 3.05) is 12.4 Å². The van der Waals surface area contributed by atoms with E-state index in [9.17, 15) is 0 Å². The van der Waals surface area contributed by atoms with Crippen molar-refractivity contribution in [3.8, 4) is 0 Å². The molecular formula is C8H12N2O. The number of rotatable bonds is 2. The average molecular weight is 152 g/mol. The smallest absolute Gasteiger partial charge is 0.224 e. The highest BCUT2D eigenvalue weighted by molar-refractivity contribution is 5.35. The highest BCUT2D eigenvalue weighted by Gasteiger charge is 2.41. The molecule has 1 N–H and O–H groups in total. The van der Waals surface area contributed by atoms with Gasteiger partial charge in [-0.25, -0.2) is 0 Å². The Labute approximate surface area is 65.8 Å². The van der Waals surface area contributed by atoms with E-state index in [1.807, 2.05) is 13.1 Å². The lowest BCUT2D eigenvalue weighted by molar-refractivity contribution is 0.418. The standard InChI is InChI=1S/C8H12N2O/c1-8(3-4-8)6-5-7(9-2)11-10-6/h5,9H,3-4H2,1-2H3. The van der Waals surface area contributed by atoms with E-state index in [4.69, 9.17) is 4.52 Å². The molecule has 0 bridgehead atoms. The van der Waals surface area contributed by atoms with Crippen LogP contribution in [0, 0.1) is 0 Å². The minimum atomic E-state index is 0.318. The molecule has 2 rings (SSSR count). The SMILES string of the molecule is CNc1cc(C2(C)CC2)no1. The molecule has 1 heterocycles. The van der Waals surface area contributed by atoms with Crippen LogP contribution in [0.5, 0.6) is 0 Å². The first-order valence-electron chi connectivity index (χ1n) is 3.89. The molecular weight excluding hydrogens is 140 g/mol. The molecule has 3 nitrogen and oxygen atoms in total. The van der Waals surface area contributed by atoms with Gasteiger partial charge in [-0.2, -0.15) is 0 Å². The average Bonchev–Trinajstić information content (AvgIpc) is 2.61. The second-order valence-electron chi connectivity index (χ2n) is 3.39. The summed E-state index contributed by atoms with van der Waals surface area (Å²) in [5.41, 5.74) is 1.40. The molecule has 1 aliphatic carbocycles. The van der Waals surface area contributed by atoms with Crippen LogP contribution in [0.2, 0.25) is 0 Å². The molecule has 1 aromatic heterocycles. The summed E-state index contributed by atoms with van der Waals surface area (Å²) in [5.74, 6) is 0.758. The van der Waals surface area contributed by atoms with Gasteiger partial charge < -0.3 is 9.84 Å². The Morgan fingerprint density at radius 1 is 1.64 bits per heavy atom. The van der Waals surface area contributed by atoms with Crippen LogP contribution < -0.4 is 5.32 Å². The third-order valence-corrected chi connectivity index (χ3v) is 2.37. The fourth-order valence-electron chi connectivity index (χ4n) is 1.12. The topological polar surface area (TPSA) is 38.1 Å². The summed E-state index contributed by atoms with van der Waals surface area (Å²) in [6.45, 7) is 2.21. The van der Waals surface area contributed by atoms with Crippen molar-refractivity contribution in [2.24, 2.45) is 0 Å². The van der Waals surface area contributed by atoms with E-state index in [0.29, 0.717) is 5.41 Å². The lowest BCUT2D eigenvalue weighted by Gasteiger charge is -1.98. The van der Waals surface area contributed by atoms with Crippen molar-refractivity contribution in [1.82, 2.24) is 5.16 Å². The van der Waals surface area contributed by atoms with Gasteiger partial charge in [0.05, 0.1) is 5.69 Å². The molecule has 0 saturated heterocycles. The summed E-state index contributed by atoms with van der Waals surface area (Å²) >= 11 is 0. The Morgan fingerprint density at radius 3 is 2.82 bits per heavy atom. The molecule has 3 heteroatoms. The quantitative estimate of drug-likeness (QED) is 0.701. The summed E-state index contributed by atoms with van der Waals surface area (Å²) in [6, 6.07) is 1.98. The Bertz CT molecular complexity index is 263. The minimum absolute atomic E-state index is 0.318. The monoisotopic (exact) mass is 152 g/mol. The number of anilines is 1. The van der Waals surface area contributed by atoms with Crippen LogP contribution in [0.15, 0.2) is 10.6 Å². The van der Waals surface area contributed by atoms with Crippen molar-refractivity contribution in [3.05, 3.63) is 11.8 Å². The molecule has 11 heavy (non-hydrogen) atoms. The number of aromatic nitrogens is 1. The Hall–Kier alpha value is -0.990. The van der Waals surface area contributed by atoms with Crippen molar-refractivity contribution in [2.45, 2.75) is 25.2 Å². The summed E-state index contributed by atoms with van der Waals surface area (Å²) in [5, 5.41) is 6.90. The third kappa shape index (κ3) is 1.00. The second kappa shape index (κ2) is 2.00. The summed E-state index contributed by atoms with van der Waals surface area (Å²) in [6.07, 6.45) is 2.48. The van der Waals surface area contributed by atoms with Crippen LogP contribution in [-0.4, -0.2) is 12.2 Å². The van der Waals surface area contributed by atoms with Gasteiger partial charge in [-0.05, 0) is 12.8 Å². The number of hydrogen-bond donors (Lipinski definition) is 1. The second-order valence-corrected chi connectivity index (χ2v) is 3.39. The fourth-order valence-corrected chi connectivity index (χ4v) is 1.12. The molecule has 0 aliphatic heterocycles. The predicted molar refractivity (Wildman–Crippen MR) is 42.6 cm³/mol. The largest absolute Gasteiger partial charge is 0.357 e. The maximum Gasteiger partial charge on any atom is 0.224 e. The number of nitrogens with zero attached hydrogens (tertiary/aromatic N) is 1. The molecule has 1 aromatic rings. The zero-order valence-electron chi connectivity index (χ0n) is 6.85. The predicted octanol–water partition coefficient (Wildman–Crippen LogP) is 1.77. The van der Waals surface area contributed by atoms with E-state index < -0.39 is 0 Å². The van der Waals surface area contributed by atoms with E-state index in [-0.39, 0.29) is 0 Å². The van der Waals surface area contributed by atoms with Gasteiger partial charge in [0.2, 0.25) is 5.88 Å². The van der Waals surface area contributed by atoms with Crippen LogP contribution in [0.1, 0.15) is 25.5 Å². The van der Waals surface area contributed by atoms with Crippen LogP contribution in [0.25, 0.3) is 0 Å². The zero-order valence-corrected chi connectivity index (χ0v) is 6.85. The number of nitrogens with one attached hydrogen (secondary N) is 1. The Morgan fingerprint density at radius 2 is 2.36 bits per heavy atom. The molecule has 1 saturated carbocycles. The Kier molecular flexibility index (Phi) is 1.22. The lowest BCUT2D eigenvalue weighted by atomic mass is 10.1. The highest BCUT2D eigenvalue weighted by Crippen LogP contribution is 2.47.